The van der Waals surface area contributed by atoms with Gasteiger partial charge in [0.25, 0.3) is 11.6 Å². The van der Waals surface area contributed by atoms with Crippen LogP contribution in [0.4, 0.5) is 5.69 Å². The van der Waals surface area contributed by atoms with Crippen molar-refractivity contribution >= 4 is 24.0 Å². The number of hydrogen-bond donors (Lipinski definition) is 2. The van der Waals surface area contributed by atoms with Crippen LogP contribution in [0.2, 0.25) is 0 Å². The molecule has 0 spiro atoms. The lowest BCUT2D eigenvalue weighted by molar-refractivity contribution is -0.385. The summed E-state index contributed by atoms with van der Waals surface area (Å²) in [7, 11) is 0. The van der Waals surface area contributed by atoms with E-state index in [2.05, 4.69) is 10.6 Å². The predicted molar refractivity (Wildman–Crippen MR) is 83.0 cm³/mol. The minimum absolute atomic E-state index is 0. The molecule has 6 nitrogen and oxygen atoms in total. The van der Waals surface area contributed by atoms with Gasteiger partial charge in [-0.3, -0.25) is 14.9 Å². The van der Waals surface area contributed by atoms with Gasteiger partial charge in [0.05, 0.1) is 4.92 Å². The number of hydrogen-bond acceptors (Lipinski definition) is 4. The van der Waals surface area contributed by atoms with E-state index in [-0.39, 0.29) is 24.0 Å². The molecule has 0 radical (unpaired) electrons. The van der Waals surface area contributed by atoms with E-state index in [0.717, 1.165) is 25.9 Å². The van der Waals surface area contributed by atoms with Gasteiger partial charge in [0.2, 0.25) is 0 Å². The highest BCUT2D eigenvalue weighted by molar-refractivity contribution is 5.94. The van der Waals surface area contributed by atoms with Crippen molar-refractivity contribution < 1.29 is 9.72 Å². The van der Waals surface area contributed by atoms with Gasteiger partial charge >= 0.3 is 0 Å². The molecule has 1 aromatic rings. The molecule has 116 valence electrons. The second-order valence-corrected chi connectivity index (χ2v) is 5.16. The summed E-state index contributed by atoms with van der Waals surface area (Å²) in [6.07, 6.45) is 2.08. The van der Waals surface area contributed by atoms with E-state index in [1.54, 1.807) is 19.1 Å². The third-order valence-corrected chi connectivity index (χ3v) is 3.67. The molecule has 0 aliphatic carbocycles. The fourth-order valence-electron chi connectivity index (χ4n) is 2.40. The van der Waals surface area contributed by atoms with Crippen LogP contribution in [0, 0.1) is 23.0 Å². The number of nitrogens with one attached hydrogen (secondary N) is 2. The van der Waals surface area contributed by atoms with Crippen LogP contribution in [-0.4, -0.2) is 30.5 Å². The Morgan fingerprint density at radius 1 is 1.52 bits per heavy atom. The summed E-state index contributed by atoms with van der Waals surface area (Å²) in [5.74, 6) is 0.363. The van der Waals surface area contributed by atoms with E-state index in [4.69, 9.17) is 0 Å². The maximum Gasteiger partial charge on any atom is 0.273 e. The van der Waals surface area contributed by atoms with E-state index >= 15 is 0 Å². The standard InChI is InChI=1S/C14H19N3O3.ClH/c1-10-2-3-12(8-13(10)17(19)20)14(18)16-7-5-11-4-6-15-9-11;/h2-3,8,11,15H,4-7,9H2,1H3,(H,16,18);1H. The molecule has 1 amide bonds. The molecular weight excluding hydrogens is 294 g/mol. The number of amides is 1. The Kier molecular flexibility index (Phi) is 6.58. The van der Waals surface area contributed by atoms with Crippen LogP contribution in [0.5, 0.6) is 0 Å². The molecule has 0 bridgehead atoms. The van der Waals surface area contributed by atoms with Crippen LogP contribution < -0.4 is 10.6 Å². The lowest BCUT2D eigenvalue weighted by Crippen LogP contribution is -2.26. The van der Waals surface area contributed by atoms with Crippen molar-refractivity contribution in [3.8, 4) is 0 Å². The van der Waals surface area contributed by atoms with Gasteiger partial charge in [-0.25, -0.2) is 0 Å². The highest BCUT2D eigenvalue weighted by Crippen LogP contribution is 2.19. The van der Waals surface area contributed by atoms with Crippen LogP contribution in [0.1, 0.15) is 28.8 Å². The third-order valence-electron chi connectivity index (χ3n) is 3.67. The quantitative estimate of drug-likeness (QED) is 0.643. The van der Waals surface area contributed by atoms with E-state index in [0.29, 0.717) is 23.6 Å². The van der Waals surface area contributed by atoms with Crippen molar-refractivity contribution in [3.05, 3.63) is 39.4 Å². The van der Waals surface area contributed by atoms with Crippen LogP contribution in [0.15, 0.2) is 18.2 Å². The van der Waals surface area contributed by atoms with E-state index in [9.17, 15) is 14.9 Å². The lowest BCUT2D eigenvalue weighted by atomic mass is 10.1. The first kappa shape index (κ1) is 17.4. The summed E-state index contributed by atoms with van der Waals surface area (Å²) in [6.45, 7) is 4.31. The average molecular weight is 314 g/mol. The topological polar surface area (TPSA) is 84.3 Å². The smallest absolute Gasteiger partial charge is 0.273 e. The maximum atomic E-state index is 12.0. The van der Waals surface area contributed by atoms with Gasteiger partial charge in [0, 0.05) is 23.7 Å². The molecule has 2 rings (SSSR count). The van der Waals surface area contributed by atoms with Gasteiger partial charge in [-0.1, -0.05) is 6.07 Å². The van der Waals surface area contributed by atoms with Crippen LogP contribution >= 0.6 is 12.4 Å². The first-order valence-corrected chi connectivity index (χ1v) is 6.82. The number of halogens is 1. The summed E-state index contributed by atoms with van der Waals surface area (Å²) < 4.78 is 0. The predicted octanol–water partition coefficient (Wildman–Crippen LogP) is 2.05. The minimum Gasteiger partial charge on any atom is -0.352 e. The van der Waals surface area contributed by atoms with Crippen molar-refractivity contribution in [1.82, 2.24) is 10.6 Å². The fourth-order valence-corrected chi connectivity index (χ4v) is 2.40. The number of aryl methyl sites for hydroxylation is 1. The Balaban J connectivity index is 0.00000220. The van der Waals surface area contributed by atoms with E-state index in [1.165, 1.54) is 6.07 Å². The zero-order valence-corrected chi connectivity index (χ0v) is 12.7. The molecule has 21 heavy (non-hydrogen) atoms. The molecule has 0 aromatic heterocycles. The van der Waals surface area contributed by atoms with Crippen molar-refractivity contribution in [1.29, 1.82) is 0 Å². The number of nitro groups is 1. The normalized spacial score (nSPS) is 17.1. The summed E-state index contributed by atoms with van der Waals surface area (Å²) >= 11 is 0. The monoisotopic (exact) mass is 313 g/mol. The SMILES string of the molecule is Cc1ccc(C(=O)NCCC2CCNC2)cc1[N+](=O)[O-].Cl. The molecule has 1 atom stereocenters. The van der Waals surface area contributed by atoms with Gasteiger partial charge in [-0.2, -0.15) is 0 Å². The van der Waals surface area contributed by atoms with Crippen molar-refractivity contribution in [2.24, 2.45) is 5.92 Å². The van der Waals surface area contributed by atoms with E-state index in [1.807, 2.05) is 0 Å². The molecule has 1 saturated heterocycles. The maximum absolute atomic E-state index is 12.0. The molecule has 7 heteroatoms. The van der Waals surface area contributed by atoms with Crippen molar-refractivity contribution in [2.75, 3.05) is 19.6 Å². The molecule has 0 saturated carbocycles. The fraction of sp³-hybridized carbons (Fsp3) is 0.500. The average Bonchev–Trinajstić information content (AvgIpc) is 2.92. The summed E-state index contributed by atoms with van der Waals surface area (Å²) in [5, 5.41) is 17.0. The van der Waals surface area contributed by atoms with Gasteiger partial charge < -0.3 is 10.6 Å². The zero-order chi connectivity index (χ0) is 14.5. The van der Waals surface area contributed by atoms with Gasteiger partial charge in [0.1, 0.15) is 0 Å². The number of benzene rings is 1. The molecule has 1 heterocycles. The Morgan fingerprint density at radius 3 is 2.90 bits per heavy atom. The van der Waals surface area contributed by atoms with Gasteiger partial charge in [-0.15, -0.1) is 12.4 Å². The summed E-state index contributed by atoms with van der Waals surface area (Å²) in [4.78, 5) is 22.3. The number of carbonyl (C=O) groups excluding carboxylic acids is 1. The molecule has 1 unspecified atom stereocenters. The molecule has 1 aromatic carbocycles. The Bertz CT molecular complexity index is 516. The van der Waals surface area contributed by atoms with Crippen LogP contribution in [0.3, 0.4) is 0 Å². The number of carbonyl (C=O) groups is 1. The molecule has 1 fully saturated rings. The highest BCUT2D eigenvalue weighted by Gasteiger charge is 2.16. The Labute approximate surface area is 129 Å². The van der Waals surface area contributed by atoms with Crippen molar-refractivity contribution in [3.63, 3.8) is 0 Å². The zero-order valence-electron chi connectivity index (χ0n) is 11.9. The molecule has 2 N–H and O–H groups in total. The first-order valence-electron chi connectivity index (χ1n) is 6.82. The Morgan fingerprint density at radius 2 is 2.29 bits per heavy atom. The summed E-state index contributed by atoms with van der Waals surface area (Å²) in [6, 6.07) is 4.56. The largest absolute Gasteiger partial charge is 0.352 e. The van der Waals surface area contributed by atoms with Crippen LogP contribution in [-0.2, 0) is 0 Å². The second-order valence-electron chi connectivity index (χ2n) is 5.16. The number of rotatable bonds is 5. The highest BCUT2D eigenvalue weighted by atomic mass is 35.5. The molecule has 1 aliphatic rings. The second kappa shape index (κ2) is 7.95. The van der Waals surface area contributed by atoms with Gasteiger partial charge in [-0.05, 0) is 44.8 Å². The van der Waals surface area contributed by atoms with Crippen LogP contribution in [0.25, 0.3) is 0 Å². The number of nitro benzene ring substituents is 1. The van der Waals surface area contributed by atoms with Crippen molar-refractivity contribution in [2.45, 2.75) is 19.8 Å². The lowest BCUT2D eigenvalue weighted by Gasteiger charge is -2.09. The third kappa shape index (κ3) is 4.68. The number of nitrogens with zero attached hydrogens (tertiary/aromatic N) is 1. The van der Waals surface area contributed by atoms with Gasteiger partial charge in [0.15, 0.2) is 0 Å². The Hall–Kier alpha value is -1.66. The molecule has 1 aliphatic heterocycles. The summed E-state index contributed by atoms with van der Waals surface area (Å²) in [5.41, 5.74) is 0.882. The first-order chi connectivity index (χ1) is 9.58. The van der Waals surface area contributed by atoms with E-state index < -0.39 is 4.92 Å². The minimum atomic E-state index is -0.462. The molecular formula is C14H20ClN3O3.